The van der Waals surface area contributed by atoms with Gasteiger partial charge in [0.25, 0.3) is 0 Å². The molecular formula is C17H16N2O. The quantitative estimate of drug-likeness (QED) is 0.778. The Kier molecular flexibility index (Phi) is 3.25. The van der Waals surface area contributed by atoms with Gasteiger partial charge in [-0.25, -0.2) is 0 Å². The summed E-state index contributed by atoms with van der Waals surface area (Å²) in [5, 5.41) is 15.1. The maximum Gasteiger partial charge on any atom is 0.169 e. The first-order valence-corrected chi connectivity index (χ1v) is 6.72. The lowest BCUT2D eigenvalue weighted by Crippen LogP contribution is -1.99. The van der Waals surface area contributed by atoms with E-state index in [1.807, 2.05) is 72.3 Å². The summed E-state index contributed by atoms with van der Waals surface area (Å²) in [6.07, 6.45) is 0. The van der Waals surface area contributed by atoms with Gasteiger partial charge in [-0.05, 0) is 6.92 Å². The maximum absolute atomic E-state index is 10.6. The predicted octanol–water partition coefficient (Wildman–Crippen LogP) is 3.94. The van der Waals surface area contributed by atoms with E-state index in [2.05, 4.69) is 5.10 Å². The van der Waals surface area contributed by atoms with Gasteiger partial charge in [0, 0.05) is 17.7 Å². The summed E-state index contributed by atoms with van der Waals surface area (Å²) in [4.78, 5) is 0. The Labute approximate surface area is 118 Å². The van der Waals surface area contributed by atoms with E-state index in [0.29, 0.717) is 12.2 Å². The highest BCUT2D eigenvalue weighted by Crippen LogP contribution is 2.37. The van der Waals surface area contributed by atoms with Crippen LogP contribution in [-0.4, -0.2) is 14.9 Å². The second kappa shape index (κ2) is 5.21. The second-order valence-corrected chi connectivity index (χ2v) is 4.59. The molecule has 0 spiro atoms. The Morgan fingerprint density at radius 2 is 1.45 bits per heavy atom. The largest absolute Gasteiger partial charge is 0.504 e. The summed E-state index contributed by atoms with van der Waals surface area (Å²) in [7, 11) is 0. The Bertz CT molecular complexity index is 703. The fraction of sp³-hybridized carbons (Fsp3) is 0.118. The monoisotopic (exact) mass is 264 g/mol. The molecule has 1 heterocycles. The molecule has 3 heteroatoms. The molecule has 100 valence electrons. The minimum atomic E-state index is 0.240. The molecule has 0 atom stereocenters. The SMILES string of the molecule is CCn1nc(-c2ccccc2)c(O)c1-c1ccccc1. The standard InChI is InChI=1S/C17H16N2O/c1-2-19-16(14-11-7-4-8-12-14)17(20)15(18-19)13-9-5-3-6-10-13/h3-12,20H,2H2,1H3. The number of aromatic nitrogens is 2. The molecule has 0 fully saturated rings. The summed E-state index contributed by atoms with van der Waals surface area (Å²) in [5.41, 5.74) is 3.30. The van der Waals surface area contributed by atoms with Crippen molar-refractivity contribution < 1.29 is 5.11 Å². The molecule has 0 saturated heterocycles. The zero-order valence-corrected chi connectivity index (χ0v) is 11.3. The van der Waals surface area contributed by atoms with Crippen molar-refractivity contribution in [1.82, 2.24) is 9.78 Å². The molecule has 3 rings (SSSR count). The van der Waals surface area contributed by atoms with Crippen LogP contribution < -0.4 is 0 Å². The van der Waals surface area contributed by atoms with Crippen molar-refractivity contribution in [2.45, 2.75) is 13.5 Å². The molecule has 0 amide bonds. The lowest BCUT2D eigenvalue weighted by molar-refractivity contribution is 0.478. The molecule has 0 unspecified atom stereocenters. The molecule has 2 aromatic carbocycles. The van der Waals surface area contributed by atoms with Gasteiger partial charge in [-0.1, -0.05) is 60.7 Å². The number of aromatic hydroxyl groups is 1. The normalized spacial score (nSPS) is 10.7. The van der Waals surface area contributed by atoms with E-state index >= 15 is 0 Å². The highest BCUT2D eigenvalue weighted by molar-refractivity contribution is 5.77. The van der Waals surface area contributed by atoms with E-state index in [-0.39, 0.29) is 5.75 Å². The zero-order chi connectivity index (χ0) is 13.9. The third-order valence-electron chi connectivity index (χ3n) is 3.32. The fourth-order valence-electron chi connectivity index (χ4n) is 2.35. The molecule has 0 radical (unpaired) electrons. The number of nitrogens with zero attached hydrogens (tertiary/aromatic N) is 2. The van der Waals surface area contributed by atoms with E-state index in [0.717, 1.165) is 16.8 Å². The second-order valence-electron chi connectivity index (χ2n) is 4.59. The highest BCUT2D eigenvalue weighted by Gasteiger charge is 2.18. The Hall–Kier alpha value is -2.55. The zero-order valence-electron chi connectivity index (χ0n) is 11.3. The summed E-state index contributed by atoms with van der Waals surface area (Å²) < 4.78 is 1.84. The van der Waals surface area contributed by atoms with Crippen molar-refractivity contribution in [3.63, 3.8) is 0 Å². The first kappa shape index (κ1) is 12.5. The van der Waals surface area contributed by atoms with Crippen molar-refractivity contribution in [3.8, 4) is 28.3 Å². The number of hydrogen-bond donors (Lipinski definition) is 1. The molecule has 3 nitrogen and oxygen atoms in total. The van der Waals surface area contributed by atoms with E-state index in [9.17, 15) is 5.11 Å². The molecule has 0 saturated carbocycles. The number of benzene rings is 2. The number of aryl methyl sites for hydroxylation is 1. The van der Waals surface area contributed by atoms with Crippen LogP contribution in [0.3, 0.4) is 0 Å². The van der Waals surface area contributed by atoms with Crippen molar-refractivity contribution in [2.24, 2.45) is 0 Å². The minimum absolute atomic E-state index is 0.240. The minimum Gasteiger partial charge on any atom is -0.504 e. The average molecular weight is 264 g/mol. The molecule has 3 aromatic rings. The highest BCUT2D eigenvalue weighted by atomic mass is 16.3. The van der Waals surface area contributed by atoms with E-state index in [1.54, 1.807) is 0 Å². The Balaban J connectivity index is 2.19. The Morgan fingerprint density at radius 1 is 0.900 bits per heavy atom. The van der Waals surface area contributed by atoms with Gasteiger partial charge in [0.1, 0.15) is 11.4 Å². The van der Waals surface area contributed by atoms with E-state index in [1.165, 1.54) is 0 Å². The van der Waals surface area contributed by atoms with Crippen LogP contribution in [0.1, 0.15) is 6.92 Å². The summed E-state index contributed by atoms with van der Waals surface area (Å²) in [6.45, 7) is 2.73. The van der Waals surface area contributed by atoms with Gasteiger partial charge in [0.2, 0.25) is 0 Å². The Morgan fingerprint density at radius 3 is 2.00 bits per heavy atom. The van der Waals surface area contributed by atoms with Gasteiger partial charge in [-0.2, -0.15) is 5.10 Å². The molecule has 0 aliphatic heterocycles. The van der Waals surface area contributed by atoms with Gasteiger partial charge in [-0.3, -0.25) is 4.68 Å². The number of rotatable bonds is 3. The molecule has 1 N–H and O–H groups in total. The van der Waals surface area contributed by atoms with Crippen LogP contribution >= 0.6 is 0 Å². The van der Waals surface area contributed by atoms with Crippen LogP contribution in [0.2, 0.25) is 0 Å². The molecule has 0 aliphatic rings. The first-order chi connectivity index (χ1) is 9.81. The smallest absolute Gasteiger partial charge is 0.169 e. The van der Waals surface area contributed by atoms with Crippen molar-refractivity contribution in [3.05, 3.63) is 60.7 Å². The predicted molar refractivity (Wildman–Crippen MR) is 80.4 cm³/mol. The molecule has 1 aromatic heterocycles. The van der Waals surface area contributed by atoms with Crippen molar-refractivity contribution in [1.29, 1.82) is 0 Å². The lowest BCUT2D eigenvalue weighted by Gasteiger charge is -2.04. The third-order valence-corrected chi connectivity index (χ3v) is 3.32. The lowest BCUT2D eigenvalue weighted by atomic mass is 10.1. The summed E-state index contributed by atoms with van der Waals surface area (Å²) in [6, 6.07) is 19.6. The van der Waals surface area contributed by atoms with E-state index < -0.39 is 0 Å². The topological polar surface area (TPSA) is 38.0 Å². The van der Waals surface area contributed by atoms with Crippen LogP contribution in [0.15, 0.2) is 60.7 Å². The van der Waals surface area contributed by atoms with Gasteiger partial charge < -0.3 is 5.11 Å². The summed E-state index contributed by atoms with van der Waals surface area (Å²) >= 11 is 0. The molecular weight excluding hydrogens is 248 g/mol. The first-order valence-electron chi connectivity index (χ1n) is 6.72. The van der Waals surface area contributed by atoms with Crippen molar-refractivity contribution in [2.75, 3.05) is 0 Å². The van der Waals surface area contributed by atoms with Crippen LogP contribution in [0.25, 0.3) is 22.5 Å². The van der Waals surface area contributed by atoms with Gasteiger partial charge >= 0.3 is 0 Å². The van der Waals surface area contributed by atoms with Crippen LogP contribution in [0.4, 0.5) is 0 Å². The molecule has 20 heavy (non-hydrogen) atoms. The number of hydrogen-bond acceptors (Lipinski definition) is 2. The maximum atomic E-state index is 10.6. The van der Waals surface area contributed by atoms with Crippen molar-refractivity contribution >= 4 is 0 Å². The van der Waals surface area contributed by atoms with Gasteiger partial charge in [0.15, 0.2) is 5.75 Å². The molecule has 0 aliphatic carbocycles. The molecule has 0 bridgehead atoms. The third kappa shape index (κ3) is 2.07. The van der Waals surface area contributed by atoms with Gasteiger partial charge in [0.05, 0.1) is 0 Å². The fourth-order valence-corrected chi connectivity index (χ4v) is 2.35. The van der Waals surface area contributed by atoms with Crippen LogP contribution in [0, 0.1) is 0 Å². The van der Waals surface area contributed by atoms with Gasteiger partial charge in [-0.15, -0.1) is 0 Å². The van der Waals surface area contributed by atoms with Crippen LogP contribution in [0.5, 0.6) is 5.75 Å². The summed E-state index contributed by atoms with van der Waals surface area (Å²) in [5.74, 6) is 0.240. The average Bonchev–Trinajstić information content (AvgIpc) is 2.86. The van der Waals surface area contributed by atoms with Crippen LogP contribution in [-0.2, 0) is 6.54 Å². The van der Waals surface area contributed by atoms with E-state index in [4.69, 9.17) is 0 Å².